The van der Waals surface area contributed by atoms with Crippen molar-refractivity contribution in [3.05, 3.63) is 40.7 Å². The number of carboxylic acid groups (broad SMARTS) is 1. The van der Waals surface area contributed by atoms with Crippen LogP contribution in [0.3, 0.4) is 0 Å². The van der Waals surface area contributed by atoms with Crippen molar-refractivity contribution in [2.75, 3.05) is 4.72 Å². The van der Waals surface area contributed by atoms with Crippen molar-refractivity contribution in [1.29, 1.82) is 0 Å². The highest BCUT2D eigenvalue weighted by Crippen LogP contribution is 2.23. The summed E-state index contributed by atoms with van der Waals surface area (Å²) in [5.74, 6) is -1.24. The Morgan fingerprint density at radius 2 is 2.15 bits per heavy atom. The number of rotatable bonds is 4. The average Bonchev–Trinajstić information content (AvgIpc) is 2.78. The van der Waals surface area contributed by atoms with Crippen LogP contribution in [0.15, 0.2) is 29.3 Å². The van der Waals surface area contributed by atoms with Crippen LogP contribution in [-0.2, 0) is 10.0 Å². The summed E-state index contributed by atoms with van der Waals surface area (Å²) in [6.45, 7) is 1.56. The second-order valence-corrected chi connectivity index (χ2v) is 6.02. The number of carbonyl (C=O) groups is 1. The topological polar surface area (TPSA) is 112 Å². The first-order chi connectivity index (χ1) is 9.31. The Labute approximate surface area is 119 Å². The van der Waals surface area contributed by atoms with E-state index in [1.807, 2.05) is 0 Å². The van der Waals surface area contributed by atoms with Gasteiger partial charge in [0.2, 0.25) is 0 Å². The van der Waals surface area contributed by atoms with E-state index in [-0.39, 0.29) is 21.2 Å². The second kappa shape index (κ2) is 5.14. The van der Waals surface area contributed by atoms with Crippen LogP contribution in [0.5, 0.6) is 0 Å². The second-order valence-electron chi connectivity index (χ2n) is 3.96. The van der Waals surface area contributed by atoms with Gasteiger partial charge in [0.05, 0.1) is 22.5 Å². The molecular formula is C11H10ClN3O4S. The quantitative estimate of drug-likeness (QED) is 0.797. The predicted octanol–water partition coefficient (Wildman–Crippen LogP) is 1.87. The van der Waals surface area contributed by atoms with Gasteiger partial charge in [0.15, 0.2) is 0 Å². The zero-order valence-electron chi connectivity index (χ0n) is 10.2. The van der Waals surface area contributed by atoms with Crippen molar-refractivity contribution in [1.82, 2.24) is 10.2 Å². The highest BCUT2D eigenvalue weighted by Gasteiger charge is 2.19. The van der Waals surface area contributed by atoms with Gasteiger partial charge in [0.1, 0.15) is 4.90 Å². The Hall–Kier alpha value is -2.06. The minimum atomic E-state index is -3.84. The number of anilines is 1. The van der Waals surface area contributed by atoms with E-state index in [2.05, 4.69) is 14.9 Å². The Bertz CT molecular complexity index is 770. The molecular weight excluding hydrogens is 306 g/mol. The molecule has 0 aliphatic rings. The highest BCUT2D eigenvalue weighted by atomic mass is 35.5. The molecule has 0 bridgehead atoms. The van der Waals surface area contributed by atoms with Crippen LogP contribution in [0.4, 0.5) is 5.69 Å². The van der Waals surface area contributed by atoms with Crippen LogP contribution in [0.1, 0.15) is 16.1 Å². The first-order valence-corrected chi connectivity index (χ1v) is 7.23. The fraction of sp³-hybridized carbons (Fsp3) is 0.0909. The Morgan fingerprint density at radius 3 is 2.70 bits per heavy atom. The maximum atomic E-state index is 12.1. The first kappa shape index (κ1) is 14.4. The van der Waals surface area contributed by atoms with E-state index in [0.717, 1.165) is 6.07 Å². The third-order valence-corrected chi connectivity index (χ3v) is 4.35. The molecule has 20 heavy (non-hydrogen) atoms. The molecule has 0 amide bonds. The van der Waals surface area contributed by atoms with Gasteiger partial charge in [0, 0.05) is 5.69 Å². The van der Waals surface area contributed by atoms with E-state index in [0.29, 0.717) is 5.69 Å². The van der Waals surface area contributed by atoms with Crippen LogP contribution in [0.25, 0.3) is 0 Å². The number of carboxylic acids is 1. The van der Waals surface area contributed by atoms with Crippen LogP contribution in [0.2, 0.25) is 5.02 Å². The highest BCUT2D eigenvalue weighted by molar-refractivity contribution is 7.92. The van der Waals surface area contributed by atoms with Gasteiger partial charge >= 0.3 is 5.97 Å². The Balaban J connectivity index is 2.38. The number of benzene rings is 1. The number of nitrogens with one attached hydrogen (secondary N) is 2. The van der Waals surface area contributed by atoms with Gasteiger partial charge in [-0.05, 0) is 25.1 Å². The number of nitrogens with zero attached hydrogens (tertiary/aromatic N) is 1. The number of aromatic nitrogens is 2. The molecule has 0 aliphatic heterocycles. The molecule has 1 aromatic carbocycles. The minimum Gasteiger partial charge on any atom is -0.478 e. The van der Waals surface area contributed by atoms with Crippen LogP contribution >= 0.6 is 11.6 Å². The maximum Gasteiger partial charge on any atom is 0.337 e. The largest absolute Gasteiger partial charge is 0.478 e. The average molecular weight is 316 g/mol. The fourth-order valence-electron chi connectivity index (χ4n) is 1.57. The number of aryl methyl sites for hydroxylation is 1. The van der Waals surface area contributed by atoms with Gasteiger partial charge in [0.25, 0.3) is 10.0 Å². The molecule has 2 aromatic rings. The lowest BCUT2D eigenvalue weighted by molar-refractivity contribution is 0.0697. The number of hydrogen-bond donors (Lipinski definition) is 3. The summed E-state index contributed by atoms with van der Waals surface area (Å²) in [4.78, 5) is 10.9. The van der Waals surface area contributed by atoms with E-state index < -0.39 is 16.0 Å². The van der Waals surface area contributed by atoms with Crippen LogP contribution in [0, 0.1) is 6.92 Å². The lowest BCUT2D eigenvalue weighted by atomic mass is 10.2. The molecule has 0 fully saturated rings. The summed E-state index contributed by atoms with van der Waals surface area (Å²) < 4.78 is 26.5. The molecule has 1 aromatic heterocycles. The monoisotopic (exact) mass is 315 g/mol. The number of H-pyrrole nitrogens is 1. The molecule has 7 nitrogen and oxygen atoms in total. The summed E-state index contributed by atoms with van der Waals surface area (Å²) in [7, 11) is -3.84. The molecule has 3 N–H and O–H groups in total. The summed E-state index contributed by atoms with van der Waals surface area (Å²) >= 11 is 5.71. The summed E-state index contributed by atoms with van der Waals surface area (Å²) in [6.07, 6.45) is 1.17. The Morgan fingerprint density at radius 1 is 1.45 bits per heavy atom. The summed E-state index contributed by atoms with van der Waals surface area (Å²) in [6, 6.07) is 3.84. The van der Waals surface area contributed by atoms with E-state index in [4.69, 9.17) is 16.7 Å². The van der Waals surface area contributed by atoms with Crippen molar-refractivity contribution in [2.24, 2.45) is 0 Å². The molecule has 0 aliphatic carbocycles. The van der Waals surface area contributed by atoms with Crippen LogP contribution < -0.4 is 4.72 Å². The zero-order chi connectivity index (χ0) is 14.9. The van der Waals surface area contributed by atoms with Gasteiger partial charge in [-0.15, -0.1) is 0 Å². The molecule has 9 heteroatoms. The van der Waals surface area contributed by atoms with Gasteiger partial charge in [-0.3, -0.25) is 9.82 Å². The summed E-state index contributed by atoms with van der Waals surface area (Å²) in [5.41, 5.74) is 0.299. The van der Waals surface area contributed by atoms with Crippen LogP contribution in [-0.4, -0.2) is 29.7 Å². The zero-order valence-corrected chi connectivity index (χ0v) is 11.8. The Kier molecular flexibility index (Phi) is 3.69. The third kappa shape index (κ3) is 2.75. The van der Waals surface area contributed by atoms with Crippen molar-refractivity contribution in [3.8, 4) is 0 Å². The molecule has 0 saturated heterocycles. The molecule has 0 saturated carbocycles. The lowest BCUT2D eigenvalue weighted by Crippen LogP contribution is -2.14. The van der Waals surface area contributed by atoms with E-state index in [1.165, 1.54) is 18.3 Å². The van der Waals surface area contributed by atoms with Gasteiger partial charge in [-0.25, -0.2) is 13.2 Å². The fourth-order valence-corrected chi connectivity index (χ4v) is 2.96. The van der Waals surface area contributed by atoms with Gasteiger partial charge in [-0.1, -0.05) is 11.6 Å². The van der Waals surface area contributed by atoms with E-state index in [1.54, 1.807) is 6.92 Å². The van der Waals surface area contributed by atoms with Crippen molar-refractivity contribution < 1.29 is 18.3 Å². The third-order valence-electron chi connectivity index (χ3n) is 2.52. The molecule has 106 valence electrons. The number of aromatic carboxylic acids is 1. The normalized spacial score (nSPS) is 11.3. The first-order valence-electron chi connectivity index (χ1n) is 5.37. The molecule has 0 spiro atoms. The van der Waals surface area contributed by atoms with Crippen molar-refractivity contribution in [3.63, 3.8) is 0 Å². The summed E-state index contributed by atoms with van der Waals surface area (Å²) in [5, 5.41) is 15.1. The van der Waals surface area contributed by atoms with Crippen molar-refractivity contribution >= 4 is 33.3 Å². The number of halogens is 1. The maximum absolute atomic E-state index is 12.1. The minimum absolute atomic E-state index is 0.00988. The van der Waals surface area contributed by atoms with Gasteiger partial charge < -0.3 is 5.11 Å². The molecule has 1 heterocycles. The van der Waals surface area contributed by atoms with E-state index >= 15 is 0 Å². The standard InChI is InChI=1S/C11H10ClN3O4S/c1-6-10(5-13-14-6)20(18,19)15-7-2-3-9(12)8(4-7)11(16)17/h2-5,15H,1H3,(H,13,14)(H,16,17). The van der Waals surface area contributed by atoms with Gasteiger partial charge in [-0.2, -0.15) is 5.10 Å². The molecule has 0 unspecified atom stereocenters. The number of sulfonamides is 1. The SMILES string of the molecule is Cc1[nH]ncc1S(=O)(=O)Nc1ccc(Cl)c(C(=O)O)c1. The number of hydrogen-bond acceptors (Lipinski definition) is 4. The molecule has 0 radical (unpaired) electrons. The smallest absolute Gasteiger partial charge is 0.337 e. The predicted molar refractivity (Wildman–Crippen MR) is 72.5 cm³/mol. The molecule has 0 atom stereocenters. The lowest BCUT2D eigenvalue weighted by Gasteiger charge is -2.08. The van der Waals surface area contributed by atoms with E-state index in [9.17, 15) is 13.2 Å². The number of aromatic amines is 1. The molecule has 2 rings (SSSR count). The van der Waals surface area contributed by atoms with Crippen molar-refractivity contribution in [2.45, 2.75) is 11.8 Å².